The molecule has 0 aromatic heterocycles. The van der Waals surface area contributed by atoms with Crippen LogP contribution in [-0.2, 0) is 16.0 Å². The second-order valence-corrected chi connectivity index (χ2v) is 5.21. The predicted octanol–water partition coefficient (Wildman–Crippen LogP) is 4.52. The van der Waals surface area contributed by atoms with E-state index in [1.54, 1.807) is 12.1 Å². The van der Waals surface area contributed by atoms with Crippen molar-refractivity contribution in [3.63, 3.8) is 0 Å². The second-order valence-electron chi connectivity index (χ2n) is 4.36. The van der Waals surface area contributed by atoms with Crippen molar-refractivity contribution in [2.24, 2.45) is 5.92 Å². The topological polar surface area (TPSA) is 26.3 Å². The number of benzene rings is 1. The Kier molecular flexibility index (Phi) is 6.51. The average molecular weight is 289 g/mol. The van der Waals surface area contributed by atoms with Gasteiger partial charge in [-0.25, -0.2) is 0 Å². The molecular formula is C14H18Cl2O2. The Morgan fingerprint density at radius 2 is 2.11 bits per heavy atom. The van der Waals surface area contributed by atoms with Crippen LogP contribution < -0.4 is 0 Å². The Hall–Kier alpha value is -0.730. The summed E-state index contributed by atoms with van der Waals surface area (Å²) >= 11 is 11.9. The minimum Gasteiger partial charge on any atom is -0.465 e. The number of rotatable bonds is 6. The highest BCUT2D eigenvalue weighted by molar-refractivity contribution is 6.35. The molecule has 4 heteroatoms. The summed E-state index contributed by atoms with van der Waals surface area (Å²) in [6.07, 6.45) is 2.49. The molecule has 0 N–H and O–H groups in total. The molecule has 0 aliphatic rings. The number of carbonyl (C=O) groups is 1. The Balaban J connectivity index is 2.53. The average Bonchev–Trinajstić information content (AvgIpc) is 2.32. The van der Waals surface area contributed by atoms with E-state index in [4.69, 9.17) is 27.9 Å². The lowest BCUT2D eigenvalue weighted by atomic mass is 10.0. The van der Waals surface area contributed by atoms with E-state index >= 15 is 0 Å². The van der Waals surface area contributed by atoms with Gasteiger partial charge in [-0.3, -0.25) is 4.79 Å². The molecule has 0 heterocycles. The molecule has 1 atom stereocenters. The van der Waals surface area contributed by atoms with Gasteiger partial charge in [0.1, 0.15) is 0 Å². The Morgan fingerprint density at radius 1 is 1.39 bits per heavy atom. The van der Waals surface area contributed by atoms with E-state index in [1.807, 2.05) is 13.0 Å². The van der Waals surface area contributed by atoms with Crippen LogP contribution in [0.25, 0.3) is 0 Å². The molecule has 0 aliphatic heterocycles. The first-order valence-corrected chi connectivity index (χ1v) is 6.90. The van der Waals surface area contributed by atoms with E-state index in [0.29, 0.717) is 23.1 Å². The van der Waals surface area contributed by atoms with Gasteiger partial charge in [-0.2, -0.15) is 0 Å². The quantitative estimate of drug-likeness (QED) is 0.568. The van der Waals surface area contributed by atoms with Crippen LogP contribution in [0.3, 0.4) is 0 Å². The van der Waals surface area contributed by atoms with E-state index in [9.17, 15) is 4.79 Å². The molecule has 0 bridgehead atoms. The smallest absolute Gasteiger partial charge is 0.308 e. The van der Waals surface area contributed by atoms with Gasteiger partial charge in [0.25, 0.3) is 0 Å². The van der Waals surface area contributed by atoms with Gasteiger partial charge in [0.05, 0.1) is 12.5 Å². The fourth-order valence-corrected chi connectivity index (χ4v) is 2.05. The maximum Gasteiger partial charge on any atom is 0.308 e. The third kappa shape index (κ3) is 4.87. The number of carbonyl (C=O) groups excluding carboxylic acids is 1. The summed E-state index contributed by atoms with van der Waals surface area (Å²) in [7, 11) is 0. The maximum absolute atomic E-state index is 11.7. The van der Waals surface area contributed by atoms with Gasteiger partial charge in [-0.1, -0.05) is 49.5 Å². The van der Waals surface area contributed by atoms with E-state index in [-0.39, 0.29) is 11.9 Å². The third-order valence-corrected chi connectivity index (χ3v) is 3.27. The van der Waals surface area contributed by atoms with Crippen LogP contribution in [0.5, 0.6) is 0 Å². The molecule has 100 valence electrons. The third-order valence-electron chi connectivity index (χ3n) is 2.69. The molecule has 0 fully saturated rings. The summed E-state index contributed by atoms with van der Waals surface area (Å²) in [6.45, 7) is 4.40. The summed E-state index contributed by atoms with van der Waals surface area (Å²) in [5.74, 6) is -0.366. The fourth-order valence-electron chi connectivity index (χ4n) is 1.56. The number of hydrogen-bond acceptors (Lipinski definition) is 2. The molecule has 0 aliphatic carbocycles. The predicted molar refractivity (Wildman–Crippen MR) is 75.2 cm³/mol. The van der Waals surface area contributed by atoms with Crippen molar-refractivity contribution >= 4 is 29.2 Å². The second kappa shape index (κ2) is 7.65. The maximum atomic E-state index is 11.7. The molecule has 18 heavy (non-hydrogen) atoms. The van der Waals surface area contributed by atoms with Gasteiger partial charge in [0.2, 0.25) is 0 Å². The van der Waals surface area contributed by atoms with E-state index in [1.165, 1.54) is 0 Å². The summed E-state index contributed by atoms with van der Waals surface area (Å²) in [6, 6.07) is 5.31. The molecule has 1 unspecified atom stereocenters. The first-order chi connectivity index (χ1) is 8.54. The number of halogens is 2. The monoisotopic (exact) mass is 288 g/mol. The van der Waals surface area contributed by atoms with Crippen LogP contribution in [0.4, 0.5) is 0 Å². The van der Waals surface area contributed by atoms with Crippen LogP contribution in [0, 0.1) is 5.92 Å². The molecule has 0 amide bonds. The zero-order valence-electron chi connectivity index (χ0n) is 10.7. The first kappa shape index (κ1) is 15.3. The van der Waals surface area contributed by atoms with Gasteiger partial charge in [0.15, 0.2) is 0 Å². The van der Waals surface area contributed by atoms with Crippen LogP contribution >= 0.6 is 23.2 Å². The van der Waals surface area contributed by atoms with Gasteiger partial charge in [0, 0.05) is 10.0 Å². The summed E-state index contributed by atoms with van der Waals surface area (Å²) in [5, 5.41) is 1.19. The summed E-state index contributed by atoms with van der Waals surface area (Å²) in [4.78, 5) is 11.7. The van der Waals surface area contributed by atoms with Gasteiger partial charge >= 0.3 is 5.97 Å². The molecule has 2 nitrogen and oxygen atoms in total. The van der Waals surface area contributed by atoms with E-state index < -0.39 is 0 Å². The van der Waals surface area contributed by atoms with Crippen molar-refractivity contribution in [2.75, 3.05) is 6.61 Å². The van der Waals surface area contributed by atoms with Crippen LogP contribution in [0.2, 0.25) is 10.0 Å². The van der Waals surface area contributed by atoms with Crippen molar-refractivity contribution in [2.45, 2.75) is 33.1 Å². The highest BCUT2D eigenvalue weighted by Gasteiger charge is 2.16. The first-order valence-electron chi connectivity index (χ1n) is 6.15. The largest absolute Gasteiger partial charge is 0.465 e. The molecule has 1 aromatic rings. The molecule has 1 rings (SSSR count). The van der Waals surface area contributed by atoms with Crippen LogP contribution in [0.1, 0.15) is 32.3 Å². The zero-order chi connectivity index (χ0) is 13.5. The Morgan fingerprint density at radius 3 is 2.72 bits per heavy atom. The molecular weight excluding hydrogens is 271 g/mol. The lowest BCUT2D eigenvalue weighted by Gasteiger charge is -2.12. The summed E-state index contributed by atoms with van der Waals surface area (Å²) in [5.41, 5.74) is 0.918. The Labute approximate surface area is 118 Å². The lowest BCUT2D eigenvalue weighted by molar-refractivity contribution is -0.148. The highest BCUT2D eigenvalue weighted by atomic mass is 35.5. The van der Waals surface area contributed by atoms with Crippen molar-refractivity contribution in [1.82, 2.24) is 0 Å². The van der Waals surface area contributed by atoms with Crippen molar-refractivity contribution < 1.29 is 9.53 Å². The van der Waals surface area contributed by atoms with Gasteiger partial charge < -0.3 is 4.74 Å². The molecule has 0 saturated carbocycles. The fraction of sp³-hybridized carbons (Fsp3) is 0.500. The number of esters is 1. The van der Waals surface area contributed by atoms with Gasteiger partial charge in [-0.05, 0) is 30.5 Å². The molecule has 0 radical (unpaired) electrons. The van der Waals surface area contributed by atoms with E-state index in [0.717, 1.165) is 18.4 Å². The molecule has 1 aromatic carbocycles. The summed E-state index contributed by atoms with van der Waals surface area (Å²) < 4.78 is 5.17. The van der Waals surface area contributed by atoms with Crippen LogP contribution in [-0.4, -0.2) is 12.6 Å². The molecule has 0 spiro atoms. The SMILES string of the molecule is CCCCOC(=O)C(C)Cc1ccc(Cl)cc1Cl. The standard InChI is InChI=1S/C14H18Cl2O2/c1-3-4-7-18-14(17)10(2)8-11-5-6-12(15)9-13(11)16/h5-6,9-10H,3-4,7-8H2,1-2H3. The van der Waals surface area contributed by atoms with E-state index in [2.05, 4.69) is 6.92 Å². The highest BCUT2D eigenvalue weighted by Crippen LogP contribution is 2.23. The number of hydrogen-bond donors (Lipinski definition) is 0. The number of unbranched alkanes of at least 4 members (excludes halogenated alkanes) is 1. The van der Waals surface area contributed by atoms with Crippen molar-refractivity contribution in [3.05, 3.63) is 33.8 Å². The number of ether oxygens (including phenoxy) is 1. The minimum absolute atomic E-state index is 0.172. The minimum atomic E-state index is -0.194. The van der Waals surface area contributed by atoms with Crippen LogP contribution in [0.15, 0.2) is 18.2 Å². The van der Waals surface area contributed by atoms with Crippen molar-refractivity contribution in [3.8, 4) is 0 Å². The zero-order valence-corrected chi connectivity index (χ0v) is 12.2. The normalized spacial score (nSPS) is 12.2. The lowest BCUT2D eigenvalue weighted by Crippen LogP contribution is -2.17. The van der Waals surface area contributed by atoms with Gasteiger partial charge in [-0.15, -0.1) is 0 Å². The van der Waals surface area contributed by atoms with Crippen molar-refractivity contribution in [1.29, 1.82) is 0 Å². The molecule has 0 saturated heterocycles. The Bertz CT molecular complexity index is 405.